The zero-order valence-electron chi connectivity index (χ0n) is 26.2. The van der Waals surface area contributed by atoms with E-state index in [4.69, 9.17) is 4.42 Å². The monoisotopic (exact) mass is 630 g/mol. The summed E-state index contributed by atoms with van der Waals surface area (Å²) in [7, 11) is 0. The molecule has 0 bridgehead atoms. The Morgan fingerprint density at radius 2 is 1.37 bits per heavy atom. The fourth-order valence-electron chi connectivity index (χ4n) is 8.39. The quantitative estimate of drug-likeness (QED) is 0.179. The number of furan rings is 1. The van der Waals surface area contributed by atoms with E-state index in [2.05, 4.69) is 89.5 Å². The third kappa shape index (κ3) is 3.54. The third-order valence-electron chi connectivity index (χ3n) is 10.6. The number of benzene rings is 6. The molecule has 230 valence electrons. The van der Waals surface area contributed by atoms with Gasteiger partial charge in [0.1, 0.15) is 11.2 Å². The number of nitrogens with zero attached hydrogens (tertiary/aromatic N) is 2. The van der Waals surface area contributed by atoms with Gasteiger partial charge < -0.3 is 8.98 Å². The first kappa shape index (κ1) is 26.6. The van der Waals surface area contributed by atoms with Crippen molar-refractivity contribution >= 4 is 76.9 Å². The number of carbonyl (C=O) groups is 1. The van der Waals surface area contributed by atoms with Crippen molar-refractivity contribution in [2.24, 2.45) is 5.92 Å². The number of carbonyl (C=O) groups excluding carboxylic acids is 1. The maximum absolute atomic E-state index is 13.9. The number of hydrogen-bond acceptors (Lipinski definition) is 3. The van der Waals surface area contributed by atoms with Gasteiger partial charge in [0.25, 0.3) is 5.56 Å². The van der Waals surface area contributed by atoms with Crippen LogP contribution in [-0.4, -0.2) is 15.0 Å². The lowest BCUT2D eigenvalue weighted by Crippen LogP contribution is -2.36. The number of rotatable bonds is 2. The molecule has 1 aliphatic heterocycles. The highest BCUT2D eigenvalue weighted by Crippen LogP contribution is 2.44. The number of hydrogen-bond donors (Lipinski definition) is 0. The van der Waals surface area contributed by atoms with Crippen molar-refractivity contribution in [2.75, 3.05) is 0 Å². The minimum atomic E-state index is -0.381. The number of pyridine rings is 1. The van der Waals surface area contributed by atoms with E-state index in [1.165, 1.54) is 15.3 Å². The number of para-hydroxylation sites is 2. The van der Waals surface area contributed by atoms with E-state index in [0.29, 0.717) is 17.3 Å². The molecule has 4 heterocycles. The maximum atomic E-state index is 13.9. The summed E-state index contributed by atoms with van der Waals surface area (Å²) in [6, 6.07) is 41.8. The molecule has 0 saturated carbocycles. The molecule has 1 atom stereocenters. The van der Waals surface area contributed by atoms with Crippen molar-refractivity contribution in [3.05, 3.63) is 155 Å². The Kier molecular flexibility index (Phi) is 5.18. The molecule has 0 radical (unpaired) electrons. The van der Waals surface area contributed by atoms with E-state index in [1.807, 2.05) is 54.6 Å². The molecule has 1 unspecified atom stereocenters. The van der Waals surface area contributed by atoms with Crippen molar-refractivity contribution in [2.45, 2.75) is 6.42 Å². The molecule has 6 aromatic carbocycles. The first-order chi connectivity index (χ1) is 24.1. The third-order valence-corrected chi connectivity index (χ3v) is 10.6. The zero-order chi connectivity index (χ0) is 32.4. The van der Waals surface area contributed by atoms with Crippen LogP contribution in [0.1, 0.15) is 16.8 Å². The molecule has 49 heavy (non-hydrogen) atoms. The normalized spacial score (nSPS) is 15.6. The van der Waals surface area contributed by atoms with Gasteiger partial charge in [-0.2, -0.15) is 0 Å². The molecule has 11 rings (SSSR count). The van der Waals surface area contributed by atoms with Crippen LogP contribution in [0.2, 0.25) is 0 Å². The van der Waals surface area contributed by atoms with E-state index in [9.17, 15) is 9.59 Å². The van der Waals surface area contributed by atoms with Crippen molar-refractivity contribution in [3.8, 4) is 16.8 Å². The van der Waals surface area contributed by atoms with Gasteiger partial charge in [0, 0.05) is 49.6 Å². The molecule has 0 fully saturated rings. The van der Waals surface area contributed by atoms with Crippen LogP contribution in [0.15, 0.2) is 149 Å². The molecular formula is C44H26N2O3. The number of fused-ring (bicyclic) bond motifs is 10. The van der Waals surface area contributed by atoms with Gasteiger partial charge >= 0.3 is 0 Å². The van der Waals surface area contributed by atoms with Crippen LogP contribution in [0.5, 0.6) is 0 Å². The van der Waals surface area contributed by atoms with E-state index < -0.39 is 0 Å². The van der Waals surface area contributed by atoms with E-state index >= 15 is 0 Å². The van der Waals surface area contributed by atoms with Gasteiger partial charge in [-0.05, 0) is 77.0 Å². The van der Waals surface area contributed by atoms with Gasteiger partial charge in [-0.15, -0.1) is 0 Å². The average Bonchev–Trinajstić information content (AvgIpc) is 3.68. The second-order valence-electron chi connectivity index (χ2n) is 13.1. The molecule has 9 aromatic rings. The first-order valence-electron chi connectivity index (χ1n) is 16.6. The lowest BCUT2D eigenvalue weighted by molar-refractivity contribution is 0.0865. The van der Waals surface area contributed by atoms with Crippen LogP contribution < -0.4 is 5.56 Å². The molecule has 1 aliphatic carbocycles. The fraction of sp³-hybridized carbons (Fsp3) is 0.0455. The van der Waals surface area contributed by atoms with Crippen LogP contribution >= 0.6 is 0 Å². The van der Waals surface area contributed by atoms with Crippen LogP contribution in [0, 0.1) is 5.92 Å². The molecule has 0 amide bonds. The topological polar surface area (TPSA) is 57.1 Å². The number of aromatic nitrogens is 2. The van der Waals surface area contributed by atoms with Gasteiger partial charge in [0.15, 0.2) is 0 Å². The van der Waals surface area contributed by atoms with Gasteiger partial charge in [0.2, 0.25) is 5.91 Å². The zero-order valence-corrected chi connectivity index (χ0v) is 26.2. The smallest absolute Gasteiger partial charge is 0.265 e. The van der Waals surface area contributed by atoms with Crippen molar-refractivity contribution in [1.82, 2.24) is 9.13 Å². The Morgan fingerprint density at radius 1 is 0.571 bits per heavy atom. The summed E-state index contributed by atoms with van der Waals surface area (Å²) in [4.78, 5) is 27.7. The van der Waals surface area contributed by atoms with Gasteiger partial charge in [0.05, 0.1) is 22.5 Å². The first-order valence-corrected chi connectivity index (χ1v) is 16.6. The Morgan fingerprint density at radius 3 is 2.27 bits per heavy atom. The molecule has 5 heteroatoms. The summed E-state index contributed by atoms with van der Waals surface area (Å²) >= 11 is 0. The Bertz CT molecular complexity index is 3080. The summed E-state index contributed by atoms with van der Waals surface area (Å²) in [6.07, 6.45) is 6.66. The summed E-state index contributed by atoms with van der Waals surface area (Å²) in [5, 5.41) is 6.90. The van der Waals surface area contributed by atoms with E-state index in [-0.39, 0.29) is 17.4 Å². The molecule has 2 aliphatic rings. The molecule has 3 aromatic heterocycles. The number of allylic oxidation sites excluding steroid dienone is 4. The minimum absolute atomic E-state index is 0.150. The second kappa shape index (κ2) is 9.55. The molecule has 0 N–H and O–H groups in total. The largest absolute Gasteiger partial charge is 0.456 e. The van der Waals surface area contributed by atoms with Gasteiger partial charge in [-0.1, -0.05) is 85.0 Å². The average molecular weight is 631 g/mol. The van der Waals surface area contributed by atoms with Crippen LogP contribution in [0.25, 0.3) is 87.8 Å². The maximum Gasteiger partial charge on any atom is 0.265 e. The van der Waals surface area contributed by atoms with Crippen LogP contribution in [0.3, 0.4) is 0 Å². The van der Waals surface area contributed by atoms with E-state index in [1.54, 1.807) is 0 Å². The highest BCUT2D eigenvalue weighted by Gasteiger charge is 2.35. The van der Waals surface area contributed by atoms with Crippen molar-refractivity contribution in [1.29, 1.82) is 0 Å². The molecular weight excluding hydrogens is 604 g/mol. The molecule has 5 nitrogen and oxygen atoms in total. The lowest BCUT2D eigenvalue weighted by atomic mass is 9.80. The fourth-order valence-corrected chi connectivity index (χ4v) is 8.39. The SMILES string of the molecule is O=C1C2CC=CC=C2c2cc(-c3cccc(-n4c5ccccc5c5cc6c(cc54)oc4ccccc46)c3)cc3c4ccccc4c(=O)n1c23. The van der Waals surface area contributed by atoms with Crippen molar-refractivity contribution in [3.63, 3.8) is 0 Å². The minimum Gasteiger partial charge on any atom is -0.456 e. The van der Waals surface area contributed by atoms with E-state index in [0.717, 1.165) is 71.7 Å². The predicted molar refractivity (Wildman–Crippen MR) is 199 cm³/mol. The highest BCUT2D eigenvalue weighted by atomic mass is 16.3. The second-order valence-corrected chi connectivity index (χ2v) is 13.1. The van der Waals surface area contributed by atoms with Gasteiger partial charge in [-0.3, -0.25) is 9.59 Å². The van der Waals surface area contributed by atoms with Crippen LogP contribution in [0.4, 0.5) is 0 Å². The van der Waals surface area contributed by atoms with Crippen LogP contribution in [-0.2, 0) is 0 Å². The highest BCUT2D eigenvalue weighted by molar-refractivity contribution is 6.19. The Labute approximate surface area is 279 Å². The van der Waals surface area contributed by atoms with Gasteiger partial charge in [-0.25, -0.2) is 4.57 Å². The summed E-state index contributed by atoms with van der Waals surface area (Å²) in [5.41, 5.74) is 9.43. The van der Waals surface area contributed by atoms with Crippen molar-refractivity contribution < 1.29 is 9.21 Å². The lowest BCUT2D eigenvalue weighted by Gasteiger charge is -2.30. The predicted octanol–water partition coefficient (Wildman–Crippen LogP) is 10.4. The summed E-state index contributed by atoms with van der Waals surface area (Å²) in [6.45, 7) is 0. The molecule has 0 spiro atoms. The molecule has 0 saturated heterocycles. The summed E-state index contributed by atoms with van der Waals surface area (Å²) in [5.74, 6) is -0.530. The Balaban J connectivity index is 1.19. The Hall–Kier alpha value is -6.46. The summed E-state index contributed by atoms with van der Waals surface area (Å²) < 4.78 is 10.1. The standard InChI is InChI=1S/C44H26N2O3/c47-43-32-16-3-1-12-28(32)36-21-26(22-37-29-13-2-4-17-33(29)44(48)46(43)42(36)37)25-10-9-11-27(20-25)45-38-18-7-5-14-30(38)34-23-35-31-15-6-8-19-40(31)49-41(35)24-39(34)45/h1-16,18-24,33H,17H2.